The lowest BCUT2D eigenvalue weighted by atomic mass is 9.89. The number of benzene rings is 1. The van der Waals surface area contributed by atoms with Gasteiger partial charge in [-0.05, 0) is 57.7 Å². The summed E-state index contributed by atoms with van der Waals surface area (Å²) < 4.78 is 0. The first kappa shape index (κ1) is 12.8. The van der Waals surface area contributed by atoms with Crippen molar-refractivity contribution in [3.63, 3.8) is 0 Å². The maximum absolute atomic E-state index is 12.4. The Bertz CT molecular complexity index is 559. The Labute approximate surface area is 109 Å². The second kappa shape index (κ2) is 4.93. The van der Waals surface area contributed by atoms with Gasteiger partial charge in [0.25, 0.3) is 0 Å². The fourth-order valence-electron chi connectivity index (χ4n) is 2.22. The highest BCUT2D eigenvalue weighted by molar-refractivity contribution is 6.09. The molecule has 0 N–H and O–H groups in total. The summed E-state index contributed by atoms with van der Waals surface area (Å²) in [6, 6.07) is 5.96. The summed E-state index contributed by atoms with van der Waals surface area (Å²) in [7, 11) is 0. The van der Waals surface area contributed by atoms with Gasteiger partial charge in [0.15, 0.2) is 5.78 Å². The van der Waals surface area contributed by atoms with E-state index in [1.54, 1.807) is 0 Å². The maximum atomic E-state index is 12.4. The number of carbonyl (C=O) groups excluding carboxylic acids is 1. The van der Waals surface area contributed by atoms with Crippen molar-refractivity contribution in [2.24, 2.45) is 0 Å². The second-order valence-electron chi connectivity index (χ2n) is 5.26. The molecule has 0 amide bonds. The first-order chi connectivity index (χ1) is 8.49. The maximum Gasteiger partial charge on any atom is 0.189 e. The normalized spacial score (nSPS) is 15.7. The van der Waals surface area contributed by atoms with Crippen molar-refractivity contribution in [3.8, 4) is 0 Å². The number of hydrogen-bond donors (Lipinski definition) is 0. The molecule has 0 aliphatic heterocycles. The van der Waals surface area contributed by atoms with Crippen molar-refractivity contribution in [2.75, 3.05) is 0 Å². The van der Waals surface area contributed by atoms with E-state index < -0.39 is 0 Å². The van der Waals surface area contributed by atoms with Crippen molar-refractivity contribution in [1.82, 2.24) is 0 Å². The van der Waals surface area contributed by atoms with Crippen LogP contribution in [0.4, 0.5) is 0 Å². The lowest BCUT2D eigenvalue weighted by Gasteiger charge is -2.15. The lowest BCUT2D eigenvalue weighted by molar-refractivity contribution is 0.103. The number of aryl methyl sites for hydroxylation is 2. The molecule has 1 aliphatic carbocycles. The van der Waals surface area contributed by atoms with Crippen LogP contribution in [0.1, 0.15) is 48.2 Å². The highest BCUT2D eigenvalue weighted by Crippen LogP contribution is 2.26. The Hall–Kier alpha value is -1.63. The van der Waals surface area contributed by atoms with Crippen LogP contribution in [0.5, 0.6) is 0 Å². The van der Waals surface area contributed by atoms with Crippen molar-refractivity contribution in [3.05, 3.63) is 57.7 Å². The van der Waals surface area contributed by atoms with Gasteiger partial charge >= 0.3 is 0 Å². The van der Waals surface area contributed by atoms with E-state index in [4.69, 9.17) is 0 Å². The molecule has 1 aliphatic rings. The molecule has 2 rings (SSSR count). The average Bonchev–Trinajstić information content (AvgIpc) is 2.35. The topological polar surface area (TPSA) is 17.1 Å². The van der Waals surface area contributed by atoms with Crippen LogP contribution in [0.15, 0.2) is 41.0 Å². The minimum Gasteiger partial charge on any atom is -0.289 e. The first-order valence-corrected chi connectivity index (χ1v) is 6.48. The molecule has 0 radical (unpaired) electrons. The number of ketones is 1. The average molecular weight is 240 g/mol. The third-order valence-corrected chi connectivity index (χ3v) is 3.89. The summed E-state index contributed by atoms with van der Waals surface area (Å²) in [6.45, 7) is 8.35. The van der Waals surface area contributed by atoms with E-state index in [1.165, 1.54) is 22.3 Å². The predicted molar refractivity (Wildman–Crippen MR) is 75.9 cm³/mol. The molecular formula is C17H20O. The Balaban J connectivity index is 2.32. The molecule has 0 unspecified atom stereocenters. The van der Waals surface area contributed by atoms with E-state index in [0.717, 1.165) is 24.0 Å². The summed E-state index contributed by atoms with van der Waals surface area (Å²) >= 11 is 0. The molecule has 1 heteroatoms. The predicted octanol–water partition coefficient (Wildman–Crippen LogP) is 4.54. The summed E-state index contributed by atoms with van der Waals surface area (Å²) in [6.07, 6.45) is 3.93. The van der Waals surface area contributed by atoms with Crippen LogP contribution >= 0.6 is 0 Å². The van der Waals surface area contributed by atoms with Crippen molar-refractivity contribution in [1.29, 1.82) is 0 Å². The molecule has 0 atom stereocenters. The molecular weight excluding hydrogens is 220 g/mol. The van der Waals surface area contributed by atoms with Gasteiger partial charge < -0.3 is 0 Å². The fourth-order valence-corrected chi connectivity index (χ4v) is 2.22. The molecule has 0 bridgehead atoms. The quantitative estimate of drug-likeness (QED) is 0.693. The van der Waals surface area contributed by atoms with E-state index in [0.29, 0.717) is 0 Å². The summed E-state index contributed by atoms with van der Waals surface area (Å²) in [4.78, 5) is 12.4. The third kappa shape index (κ3) is 2.45. The van der Waals surface area contributed by atoms with Crippen molar-refractivity contribution in [2.45, 2.75) is 40.5 Å². The molecule has 94 valence electrons. The zero-order valence-electron chi connectivity index (χ0n) is 11.6. The van der Waals surface area contributed by atoms with Gasteiger partial charge in [-0.15, -0.1) is 0 Å². The minimum absolute atomic E-state index is 0.185. The van der Waals surface area contributed by atoms with Gasteiger partial charge in [-0.1, -0.05) is 29.4 Å². The number of rotatable bonds is 2. The smallest absolute Gasteiger partial charge is 0.189 e. The van der Waals surface area contributed by atoms with E-state index >= 15 is 0 Å². The van der Waals surface area contributed by atoms with Gasteiger partial charge in [-0.2, -0.15) is 0 Å². The lowest BCUT2D eigenvalue weighted by Crippen LogP contribution is -2.08. The molecule has 0 saturated heterocycles. The van der Waals surface area contributed by atoms with Crippen LogP contribution in [0, 0.1) is 13.8 Å². The van der Waals surface area contributed by atoms with Gasteiger partial charge in [0.05, 0.1) is 0 Å². The van der Waals surface area contributed by atoms with Gasteiger partial charge in [0, 0.05) is 11.1 Å². The van der Waals surface area contributed by atoms with E-state index in [1.807, 2.05) is 18.2 Å². The Morgan fingerprint density at radius 2 is 1.72 bits per heavy atom. The first-order valence-electron chi connectivity index (χ1n) is 6.48. The molecule has 18 heavy (non-hydrogen) atoms. The summed E-state index contributed by atoms with van der Waals surface area (Å²) in [5, 5.41) is 0. The van der Waals surface area contributed by atoms with Crippen LogP contribution < -0.4 is 0 Å². The zero-order valence-corrected chi connectivity index (χ0v) is 11.6. The largest absolute Gasteiger partial charge is 0.289 e. The molecule has 0 aromatic heterocycles. The number of Topliss-reactive ketones (excluding diaryl/α,β-unsaturated/α-hetero) is 1. The SMILES string of the molecule is CC1=C(C)CCC(C(=O)c2ccc(C)c(C)c2)=C1. The van der Waals surface area contributed by atoms with Gasteiger partial charge in [0.1, 0.15) is 0 Å². The fraction of sp³-hybridized carbons (Fsp3) is 0.353. The minimum atomic E-state index is 0.185. The Morgan fingerprint density at radius 1 is 1.00 bits per heavy atom. The summed E-state index contributed by atoms with van der Waals surface area (Å²) in [5.41, 5.74) is 6.81. The summed E-state index contributed by atoms with van der Waals surface area (Å²) in [5.74, 6) is 0.185. The molecule has 1 nitrogen and oxygen atoms in total. The van der Waals surface area contributed by atoms with E-state index in [2.05, 4.69) is 33.8 Å². The van der Waals surface area contributed by atoms with Gasteiger partial charge in [0.2, 0.25) is 0 Å². The van der Waals surface area contributed by atoms with Crippen LogP contribution in [0.25, 0.3) is 0 Å². The van der Waals surface area contributed by atoms with Crippen LogP contribution in [0.3, 0.4) is 0 Å². The van der Waals surface area contributed by atoms with Gasteiger partial charge in [-0.3, -0.25) is 4.79 Å². The molecule has 0 fully saturated rings. The highest BCUT2D eigenvalue weighted by atomic mass is 16.1. The highest BCUT2D eigenvalue weighted by Gasteiger charge is 2.16. The number of allylic oxidation sites excluding steroid dienone is 4. The number of hydrogen-bond acceptors (Lipinski definition) is 1. The van der Waals surface area contributed by atoms with Crippen LogP contribution in [-0.2, 0) is 0 Å². The Morgan fingerprint density at radius 3 is 2.33 bits per heavy atom. The second-order valence-corrected chi connectivity index (χ2v) is 5.26. The molecule has 1 aromatic carbocycles. The van der Waals surface area contributed by atoms with Crippen LogP contribution in [0.2, 0.25) is 0 Å². The third-order valence-electron chi connectivity index (χ3n) is 3.89. The van der Waals surface area contributed by atoms with Crippen molar-refractivity contribution >= 4 is 5.78 Å². The standard InChI is InChI=1S/C17H20O/c1-11-5-7-15(9-13(11)3)17(18)16-8-6-12(2)14(4)10-16/h5,7,9-10H,6,8H2,1-4H3. The Kier molecular flexibility index (Phi) is 3.51. The molecule has 0 saturated carbocycles. The monoisotopic (exact) mass is 240 g/mol. The van der Waals surface area contributed by atoms with E-state index in [9.17, 15) is 4.79 Å². The van der Waals surface area contributed by atoms with Crippen molar-refractivity contribution < 1.29 is 4.79 Å². The zero-order chi connectivity index (χ0) is 13.3. The van der Waals surface area contributed by atoms with E-state index in [-0.39, 0.29) is 5.78 Å². The molecule has 0 heterocycles. The van der Waals surface area contributed by atoms with Crippen LogP contribution in [-0.4, -0.2) is 5.78 Å². The number of carbonyl (C=O) groups is 1. The molecule has 0 spiro atoms. The van der Waals surface area contributed by atoms with Gasteiger partial charge in [-0.25, -0.2) is 0 Å². The molecule has 1 aromatic rings.